The highest BCUT2D eigenvalue weighted by atomic mass is 32.2. The van der Waals surface area contributed by atoms with E-state index < -0.39 is 5.82 Å². The molecule has 0 aliphatic carbocycles. The maximum absolute atomic E-state index is 14.0. The summed E-state index contributed by atoms with van der Waals surface area (Å²) in [6.07, 6.45) is 1.97. The van der Waals surface area contributed by atoms with Crippen LogP contribution >= 0.6 is 11.8 Å². The molecule has 0 bridgehead atoms. The summed E-state index contributed by atoms with van der Waals surface area (Å²) in [6.45, 7) is 1.44. The predicted octanol–water partition coefficient (Wildman–Crippen LogP) is 5.19. The molecule has 0 unspecified atom stereocenters. The first kappa shape index (κ1) is 22.3. The van der Waals surface area contributed by atoms with Gasteiger partial charge in [-0.2, -0.15) is 0 Å². The fourth-order valence-electron chi connectivity index (χ4n) is 4.12. The molecule has 1 fully saturated rings. The van der Waals surface area contributed by atoms with E-state index in [4.69, 9.17) is 0 Å². The predicted molar refractivity (Wildman–Crippen MR) is 128 cm³/mol. The molecule has 5 nitrogen and oxygen atoms in total. The molecule has 0 saturated carbocycles. The third-order valence-corrected chi connectivity index (χ3v) is 6.81. The van der Waals surface area contributed by atoms with Crippen molar-refractivity contribution in [2.75, 3.05) is 13.1 Å². The number of carbonyl (C=O) groups excluding carboxylic acids is 1. The van der Waals surface area contributed by atoms with Gasteiger partial charge < -0.3 is 4.90 Å². The first-order valence-corrected chi connectivity index (χ1v) is 12.0. The van der Waals surface area contributed by atoms with Gasteiger partial charge in [-0.1, -0.05) is 30.0 Å². The molecule has 1 saturated heterocycles. The van der Waals surface area contributed by atoms with Crippen LogP contribution in [-0.2, 0) is 5.75 Å². The Morgan fingerprint density at radius 3 is 2.41 bits per heavy atom. The highest BCUT2D eigenvalue weighted by Crippen LogP contribution is 2.26. The standard InChI is InChI=1S/C26H21F2N3O2S/c27-19-6-3-5-17(13-19)16-34-26-29-23-14-18(24(32)30-11-1-2-12-30)9-10-22(23)25(33)31(26)21-8-4-7-20(28)15-21/h3-10,13-15H,1-2,11-12,16H2. The van der Waals surface area contributed by atoms with Gasteiger partial charge in [-0.25, -0.2) is 13.8 Å². The van der Waals surface area contributed by atoms with Crippen LogP contribution in [0.5, 0.6) is 0 Å². The van der Waals surface area contributed by atoms with E-state index in [1.807, 2.05) is 0 Å². The van der Waals surface area contributed by atoms with E-state index in [-0.39, 0.29) is 17.3 Å². The van der Waals surface area contributed by atoms with Gasteiger partial charge >= 0.3 is 0 Å². The highest BCUT2D eigenvalue weighted by molar-refractivity contribution is 7.98. The molecule has 1 aliphatic heterocycles. The van der Waals surface area contributed by atoms with E-state index in [1.165, 1.54) is 46.7 Å². The number of aromatic nitrogens is 2. The zero-order valence-corrected chi connectivity index (χ0v) is 19.0. The van der Waals surface area contributed by atoms with Crippen LogP contribution in [0.1, 0.15) is 28.8 Å². The Labute approximate surface area is 199 Å². The molecule has 0 atom stereocenters. The molecule has 0 radical (unpaired) electrons. The van der Waals surface area contributed by atoms with Crippen molar-refractivity contribution in [2.45, 2.75) is 23.8 Å². The lowest BCUT2D eigenvalue weighted by Gasteiger charge is -2.16. The number of fused-ring (bicyclic) bond motifs is 1. The third-order valence-electron chi connectivity index (χ3n) is 5.80. The number of carbonyl (C=O) groups is 1. The SMILES string of the molecule is O=C(c1ccc2c(=O)n(-c3cccc(F)c3)c(SCc3cccc(F)c3)nc2c1)N1CCCC1. The molecule has 5 rings (SSSR count). The normalized spacial score (nSPS) is 13.5. The largest absolute Gasteiger partial charge is 0.339 e. The topological polar surface area (TPSA) is 55.2 Å². The van der Waals surface area contributed by atoms with Crippen LogP contribution in [0, 0.1) is 11.6 Å². The molecular formula is C26H21F2N3O2S. The zero-order chi connectivity index (χ0) is 23.7. The third kappa shape index (κ3) is 4.46. The fraction of sp³-hybridized carbons (Fsp3) is 0.192. The Morgan fingerprint density at radius 2 is 1.68 bits per heavy atom. The molecule has 1 amide bonds. The Kier molecular flexibility index (Phi) is 6.15. The van der Waals surface area contributed by atoms with E-state index in [9.17, 15) is 18.4 Å². The molecule has 2 heterocycles. The summed E-state index contributed by atoms with van der Waals surface area (Å²) in [5.41, 5.74) is 1.58. The van der Waals surface area contributed by atoms with Crippen LogP contribution in [-0.4, -0.2) is 33.4 Å². The van der Waals surface area contributed by atoms with Crippen molar-refractivity contribution >= 4 is 28.6 Å². The molecule has 1 aromatic heterocycles. The van der Waals surface area contributed by atoms with Crippen LogP contribution in [0.2, 0.25) is 0 Å². The maximum atomic E-state index is 14.0. The van der Waals surface area contributed by atoms with Gasteiger partial charge in [-0.05, 0) is 66.9 Å². The number of halogens is 2. The van der Waals surface area contributed by atoms with E-state index in [0.717, 1.165) is 31.5 Å². The minimum absolute atomic E-state index is 0.0792. The number of nitrogens with zero attached hydrogens (tertiary/aromatic N) is 3. The van der Waals surface area contributed by atoms with E-state index in [1.54, 1.807) is 41.3 Å². The van der Waals surface area contributed by atoms with Gasteiger partial charge in [0.25, 0.3) is 11.5 Å². The summed E-state index contributed by atoms with van der Waals surface area (Å²) in [6, 6.07) is 16.8. The van der Waals surface area contributed by atoms with Crippen molar-refractivity contribution in [3.05, 3.63) is 99.8 Å². The molecule has 172 valence electrons. The lowest BCUT2D eigenvalue weighted by Crippen LogP contribution is -2.28. The van der Waals surface area contributed by atoms with Gasteiger partial charge in [0.15, 0.2) is 5.16 Å². The van der Waals surface area contributed by atoms with Gasteiger partial charge in [-0.3, -0.25) is 14.2 Å². The first-order chi connectivity index (χ1) is 16.5. The Bertz CT molecular complexity index is 1450. The van der Waals surface area contributed by atoms with Gasteiger partial charge in [0, 0.05) is 24.4 Å². The second kappa shape index (κ2) is 9.38. The summed E-state index contributed by atoms with van der Waals surface area (Å²) in [5.74, 6) is -0.545. The number of hydrogen-bond donors (Lipinski definition) is 0. The number of likely N-dealkylation sites (tertiary alicyclic amines) is 1. The lowest BCUT2D eigenvalue weighted by atomic mass is 10.1. The van der Waals surface area contributed by atoms with Crippen molar-refractivity contribution in [3.63, 3.8) is 0 Å². The minimum atomic E-state index is -0.475. The Morgan fingerprint density at radius 1 is 0.941 bits per heavy atom. The highest BCUT2D eigenvalue weighted by Gasteiger charge is 2.21. The van der Waals surface area contributed by atoms with E-state index >= 15 is 0 Å². The van der Waals surface area contributed by atoms with E-state index in [0.29, 0.717) is 33.1 Å². The molecule has 0 N–H and O–H groups in total. The van der Waals surface area contributed by atoms with Crippen molar-refractivity contribution in [1.82, 2.24) is 14.5 Å². The van der Waals surface area contributed by atoms with Crippen LogP contribution in [0.15, 0.2) is 76.7 Å². The Hall–Kier alpha value is -3.52. The number of rotatable bonds is 5. The second-order valence-electron chi connectivity index (χ2n) is 8.16. The van der Waals surface area contributed by atoms with Crippen LogP contribution in [0.4, 0.5) is 8.78 Å². The van der Waals surface area contributed by atoms with Crippen molar-refractivity contribution in [2.24, 2.45) is 0 Å². The van der Waals surface area contributed by atoms with Gasteiger partial charge in [0.1, 0.15) is 11.6 Å². The number of hydrogen-bond acceptors (Lipinski definition) is 4. The molecular weight excluding hydrogens is 456 g/mol. The van der Waals surface area contributed by atoms with Gasteiger partial charge in [-0.15, -0.1) is 0 Å². The summed E-state index contributed by atoms with van der Waals surface area (Å²) in [7, 11) is 0. The van der Waals surface area contributed by atoms with Gasteiger partial charge in [0.2, 0.25) is 0 Å². The van der Waals surface area contributed by atoms with Crippen LogP contribution in [0.25, 0.3) is 16.6 Å². The van der Waals surface area contributed by atoms with Crippen molar-refractivity contribution < 1.29 is 13.6 Å². The monoisotopic (exact) mass is 477 g/mol. The number of amides is 1. The first-order valence-electron chi connectivity index (χ1n) is 11.0. The van der Waals surface area contributed by atoms with E-state index in [2.05, 4.69) is 4.98 Å². The maximum Gasteiger partial charge on any atom is 0.266 e. The molecule has 0 spiro atoms. The van der Waals surface area contributed by atoms with Crippen LogP contribution < -0.4 is 5.56 Å². The van der Waals surface area contributed by atoms with Crippen molar-refractivity contribution in [3.8, 4) is 5.69 Å². The van der Waals surface area contributed by atoms with Crippen molar-refractivity contribution in [1.29, 1.82) is 0 Å². The molecule has 4 aromatic rings. The summed E-state index contributed by atoms with van der Waals surface area (Å²) < 4.78 is 29.0. The smallest absolute Gasteiger partial charge is 0.266 e. The minimum Gasteiger partial charge on any atom is -0.339 e. The fourth-order valence-corrected chi connectivity index (χ4v) is 5.07. The van der Waals surface area contributed by atoms with Crippen LogP contribution in [0.3, 0.4) is 0 Å². The average Bonchev–Trinajstić information content (AvgIpc) is 3.37. The number of benzene rings is 3. The van der Waals surface area contributed by atoms with Gasteiger partial charge in [0.05, 0.1) is 16.6 Å². The summed E-state index contributed by atoms with van der Waals surface area (Å²) in [4.78, 5) is 32.8. The lowest BCUT2D eigenvalue weighted by molar-refractivity contribution is 0.0793. The number of thioether (sulfide) groups is 1. The molecule has 1 aliphatic rings. The molecule has 3 aromatic carbocycles. The Balaban J connectivity index is 1.61. The molecule has 8 heteroatoms. The summed E-state index contributed by atoms with van der Waals surface area (Å²) in [5, 5.41) is 0.662. The summed E-state index contributed by atoms with van der Waals surface area (Å²) >= 11 is 1.25. The second-order valence-corrected chi connectivity index (χ2v) is 9.11. The molecule has 34 heavy (non-hydrogen) atoms. The quantitative estimate of drug-likeness (QED) is 0.293. The average molecular weight is 478 g/mol. The zero-order valence-electron chi connectivity index (χ0n) is 18.2.